The molecule has 1 rings (SSSR count). The third kappa shape index (κ3) is 4.59. The summed E-state index contributed by atoms with van der Waals surface area (Å²) in [6.07, 6.45) is 3.67. The lowest BCUT2D eigenvalue weighted by atomic mass is 10.2. The van der Waals surface area contributed by atoms with Gasteiger partial charge in [-0.1, -0.05) is 6.92 Å². The van der Waals surface area contributed by atoms with E-state index < -0.39 is 10.0 Å². The van der Waals surface area contributed by atoms with E-state index in [2.05, 4.69) is 9.71 Å². The summed E-state index contributed by atoms with van der Waals surface area (Å²) in [6, 6.07) is -0.214. The summed E-state index contributed by atoms with van der Waals surface area (Å²) in [7, 11) is -3.57. The van der Waals surface area contributed by atoms with E-state index in [1.807, 2.05) is 11.5 Å². The normalized spacial score (nSPS) is 13.7. The molecule has 6 nitrogen and oxygen atoms in total. The van der Waals surface area contributed by atoms with Crippen LogP contribution in [0.25, 0.3) is 0 Å². The first-order chi connectivity index (χ1) is 8.90. The Morgan fingerprint density at radius 2 is 2.21 bits per heavy atom. The molecule has 0 saturated heterocycles. The maximum atomic E-state index is 12.1. The molecule has 0 amide bonds. The first kappa shape index (κ1) is 16.1. The van der Waals surface area contributed by atoms with Crippen LogP contribution in [0, 0.1) is 6.92 Å². The van der Waals surface area contributed by atoms with Crippen molar-refractivity contribution in [2.45, 2.75) is 57.6 Å². The van der Waals surface area contributed by atoms with Crippen LogP contribution in [0.3, 0.4) is 0 Å². The maximum Gasteiger partial charge on any atom is 0.259 e. The second-order valence-electron chi connectivity index (χ2n) is 4.71. The number of aromatic nitrogens is 2. The SMILES string of the molecule is CCCn1cc(S(=O)(=O)NC(C)CCCO)nc1C. The van der Waals surface area contributed by atoms with Crippen LogP contribution in [0.2, 0.25) is 0 Å². The summed E-state index contributed by atoms with van der Waals surface area (Å²) in [5.74, 6) is 0.699. The van der Waals surface area contributed by atoms with Crippen LogP contribution in [0.1, 0.15) is 38.9 Å². The van der Waals surface area contributed by atoms with Crippen molar-refractivity contribution < 1.29 is 13.5 Å². The lowest BCUT2D eigenvalue weighted by Gasteiger charge is -2.11. The van der Waals surface area contributed by atoms with Gasteiger partial charge in [-0.25, -0.2) is 18.1 Å². The van der Waals surface area contributed by atoms with Crippen molar-refractivity contribution in [2.24, 2.45) is 0 Å². The van der Waals surface area contributed by atoms with E-state index >= 15 is 0 Å². The standard InChI is InChI=1S/C12H23N3O3S/c1-4-7-15-9-12(13-11(15)3)19(17,18)14-10(2)6-5-8-16/h9-10,14,16H,4-8H2,1-3H3. The van der Waals surface area contributed by atoms with Gasteiger partial charge in [0, 0.05) is 25.4 Å². The van der Waals surface area contributed by atoms with Gasteiger partial charge in [0.1, 0.15) is 5.82 Å². The molecule has 0 aliphatic carbocycles. The number of hydrogen-bond donors (Lipinski definition) is 2. The molecule has 0 aromatic carbocycles. The predicted molar refractivity (Wildman–Crippen MR) is 73.4 cm³/mol. The molecule has 0 radical (unpaired) electrons. The minimum atomic E-state index is -3.57. The van der Waals surface area contributed by atoms with E-state index in [1.54, 1.807) is 20.0 Å². The smallest absolute Gasteiger partial charge is 0.259 e. The highest BCUT2D eigenvalue weighted by Gasteiger charge is 2.21. The van der Waals surface area contributed by atoms with Gasteiger partial charge in [0.15, 0.2) is 5.03 Å². The number of nitrogens with one attached hydrogen (secondary N) is 1. The summed E-state index contributed by atoms with van der Waals surface area (Å²) in [5, 5.41) is 8.80. The quantitative estimate of drug-likeness (QED) is 0.749. The van der Waals surface area contributed by atoms with Gasteiger partial charge in [-0.05, 0) is 33.1 Å². The fraction of sp³-hybridized carbons (Fsp3) is 0.750. The minimum absolute atomic E-state index is 0.0642. The molecule has 0 spiro atoms. The van der Waals surface area contributed by atoms with Crippen molar-refractivity contribution in [1.29, 1.82) is 0 Å². The zero-order chi connectivity index (χ0) is 14.5. The molecule has 1 heterocycles. The number of nitrogens with zero attached hydrogens (tertiary/aromatic N) is 2. The van der Waals surface area contributed by atoms with Gasteiger partial charge < -0.3 is 9.67 Å². The average molecular weight is 289 g/mol. The Morgan fingerprint density at radius 3 is 2.79 bits per heavy atom. The first-order valence-electron chi connectivity index (χ1n) is 6.57. The van der Waals surface area contributed by atoms with E-state index in [4.69, 9.17) is 5.11 Å². The van der Waals surface area contributed by atoms with Gasteiger partial charge in [-0.2, -0.15) is 0 Å². The summed E-state index contributed by atoms with van der Waals surface area (Å²) in [4.78, 5) is 4.10. The van der Waals surface area contributed by atoms with Crippen molar-refractivity contribution in [1.82, 2.24) is 14.3 Å². The largest absolute Gasteiger partial charge is 0.396 e. The number of sulfonamides is 1. The van der Waals surface area contributed by atoms with E-state index in [0.717, 1.165) is 13.0 Å². The van der Waals surface area contributed by atoms with Crippen molar-refractivity contribution in [2.75, 3.05) is 6.61 Å². The zero-order valence-electron chi connectivity index (χ0n) is 11.8. The topological polar surface area (TPSA) is 84.2 Å². The predicted octanol–water partition coefficient (Wildman–Crippen LogP) is 1.04. The van der Waals surface area contributed by atoms with Crippen LogP contribution < -0.4 is 4.72 Å². The lowest BCUT2D eigenvalue weighted by Crippen LogP contribution is -2.33. The van der Waals surface area contributed by atoms with Crippen molar-refractivity contribution in [3.05, 3.63) is 12.0 Å². The van der Waals surface area contributed by atoms with Gasteiger partial charge in [-0.15, -0.1) is 0 Å². The molecule has 1 aromatic heterocycles. The van der Waals surface area contributed by atoms with Crippen LogP contribution in [0.15, 0.2) is 11.2 Å². The number of imidazole rings is 1. The van der Waals surface area contributed by atoms with Gasteiger partial charge >= 0.3 is 0 Å². The number of hydrogen-bond acceptors (Lipinski definition) is 4. The Kier molecular flexibility index (Phi) is 5.96. The molecular formula is C12H23N3O3S. The molecule has 0 saturated carbocycles. The van der Waals surface area contributed by atoms with E-state index in [1.165, 1.54) is 0 Å². The Hall–Kier alpha value is -0.920. The lowest BCUT2D eigenvalue weighted by molar-refractivity contribution is 0.279. The molecule has 0 aliphatic rings. The fourth-order valence-corrected chi connectivity index (χ4v) is 3.14. The van der Waals surface area contributed by atoms with Crippen molar-refractivity contribution in [3.63, 3.8) is 0 Å². The number of rotatable bonds is 8. The molecule has 0 aliphatic heterocycles. The van der Waals surface area contributed by atoms with E-state index in [0.29, 0.717) is 18.7 Å². The summed E-state index contributed by atoms with van der Waals surface area (Å²) < 4.78 is 28.7. The van der Waals surface area contributed by atoms with Crippen LogP contribution in [0.5, 0.6) is 0 Å². The Balaban J connectivity index is 2.79. The maximum absolute atomic E-state index is 12.1. The molecule has 0 fully saturated rings. The van der Waals surface area contributed by atoms with Crippen molar-refractivity contribution >= 4 is 10.0 Å². The molecule has 0 bridgehead atoms. The van der Waals surface area contributed by atoms with Gasteiger partial charge in [-0.3, -0.25) is 0 Å². The van der Waals surface area contributed by atoms with Gasteiger partial charge in [0.05, 0.1) is 0 Å². The Morgan fingerprint density at radius 1 is 1.53 bits per heavy atom. The minimum Gasteiger partial charge on any atom is -0.396 e. The molecule has 110 valence electrons. The fourth-order valence-electron chi connectivity index (χ4n) is 1.86. The molecule has 7 heteroatoms. The van der Waals surface area contributed by atoms with Crippen LogP contribution in [-0.4, -0.2) is 35.7 Å². The summed E-state index contributed by atoms with van der Waals surface area (Å²) in [6.45, 7) is 6.43. The molecule has 1 aromatic rings. The zero-order valence-corrected chi connectivity index (χ0v) is 12.6. The van der Waals surface area contributed by atoms with Crippen molar-refractivity contribution in [3.8, 4) is 0 Å². The Bertz CT molecular complexity index is 496. The molecule has 1 atom stereocenters. The average Bonchev–Trinajstić information content (AvgIpc) is 2.69. The van der Waals surface area contributed by atoms with Crippen LogP contribution >= 0.6 is 0 Å². The Labute approximate surface area is 114 Å². The van der Waals surface area contributed by atoms with Gasteiger partial charge in [0.25, 0.3) is 10.0 Å². The highest BCUT2D eigenvalue weighted by molar-refractivity contribution is 7.89. The monoisotopic (exact) mass is 289 g/mol. The van der Waals surface area contributed by atoms with Crippen LogP contribution in [-0.2, 0) is 16.6 Å². The third-order valence-corrected chi connectivity index (χ3v) is 4.31. The van der Waals surface area contributed by atoms with E-state index in [9.17, 15) is 8.42 Å². The molecule has 1 unspecified atom stereocenters. The highest BCUT2D eigenvalue weighted by Crippen LogP contribution is 2.11. The second kappa shape index (κ2) is 7.02. The van der Waals surface area contributed by atoms with Crippen LogP contribution in [0.4, 0.5) is 0 Å². The third-order valence-electron chi connectivity index (χ3n) is 2.85. The van der Waals surface area contributed by atoms with E-state index in [-0.39, 0.29) is 17.7 Å². The highest BCUT2D eigenvalue weighted by atomic mass is 32.2. The molecule has 19 heavy (non-hydrogen) atoms. The van der Waals surface area contributed by atoms with Gasteiger partial charge in [0.2, 0.25) is 0 Å². The molecule has 2 N–H and O–H groups in total. The number of aliphatic hydroxyl groups is 1. The second-order valence-corrected chi connectivity index (χ2v) is 6.37. The summed E-state index contributed by atoms with van der Waals surface area (Å²) >= 11 is 0. The summed E-state index contributed by atoms with van der Waals surface area (Å²) in [5.41, 5.74) is 0. The number of aryl methyl sites for hydroxylation is 2. The first-order valence-corrected chi connectivity index (χ1v) is 8.06. The molecular weight excluding hydrogens is 266 g/mol. The number of aliphatic hydroxyl groups excluding tert-OH is 1.